The molecular formula is C10H13BrClNO. The molecule has 0 aromatic heterocycles. The van der Waals surface area contributed by atoms with Crippen molar-refractivity contribution >= 4 is 28.3 Å². The SMILES string of the molecule is Cl.OC1CCNC1c1cccc(Br)c1. The Morgan fingerprint density at radius 2 is 2.21 bits per heavy atom. The quantitative estimate of drug-likeness (QED) is 0.826. The largest absolute Gasteiger partial charge is 0.391 e. The van der Waals surface area contributed by atoms with Crippen molar-refractivity contribution in [3.8, 4) is 0 Å². The van der Waals surface area contributed by atoms with Crippen molar-refractivity contribution in [1.82, 2.24) is 5.32 Å². The van der Waals surface area contributed by atoms with Gasteiger partial charge in [-0.1, -0.05) is 28.1 Å². The van der Waals surface area contributed by atoms with Crippen LogP contribution in [0.2, 0.25) is 0 Å². The predicted molar refractivity (Wildman–Crippen MR) is 62.8 cm³/mol. The van der Waals surface area contributed by atoms with Crippen LogP contribution < -0.4 is 5.32 Å². The number of halogens is 2. The van der Waals surface area contributed by atoms with Crippen LogP contribution in [0.4, 0.5) is 0 Å². The van der Waals surface area contributed by atoms with Crippen LogP contribution in [-0.2, 0) is 0 Å². The van der Waals surface area contributed by atoms with E-state index >= 15 is 0 Å². The van der Waals surface area contributed by atoms with Crippen molar-refractivity contribution in [2.24, 2.45) is 0 Å². The molecule has 1 aromatic carbocycles. The summed E-state index contributed by atoms with van der Waals surface area (Å²) < 4.78 is 1.06. The average molecular weight is 279 g/mol. The molecule has 1 fully saturated rings. The summed E-state index contributed by atoms with van der Waals surface area (Å²) in [7, 11) is 0. The summed E-state index contributed by atoms with van der Waals surface area (Å²) in [6, 6.07) is 8.18. The third-order valence-electron chi connectivity index (χ3n) is 2.40. The van der Waals surface area contributed by atoms with E-state index in [2.05, 4.69) is 21.2 Å². The molecule has 0 bridgehead atoms. The van der Waals surface area contributed by atoms with Gasteiger partial charge in [-0.05, 0) is 30.7 Å². The van der Waals surface area contributed by atoms with Crippen LogP contribution in [0.25, 0.3) is 0 Å². The summed E-state index contributed by atoms with van der Waals surface area (Å²) in [5.74, 6) is 0. The van der Waals surface area contributed by atoms with Gasteiger partial charge in [0.2, 0.25) is 0 Å². The van der Waals surface area contributed by atoms with Gasteiger partial charge >= 0.3 is 0 Å². The van der Waals surface area contributed by atoms with Crippen molar-refractivity contribution in [2.45, 2.75) is 18.6 Å². The maximum absolute atomic E-state index is 9.66. The summed E-state index contributed by atoms with van der Waals surface area (Å²) in [6.07, 6.45) is 0.603. The number of hydrogen-bond donors (Lipinski definition) is 2. The molecule has 1 aromatic rings. The predicted octanol–water partition coefficient (Wildman–Crippen LogP) is 2.27. The van der Waals surface area contributed by atoms with Crippen LogP contribution in [0.1, 0.15) is 18.0 Å². The van der Waals surface area contributed by atoms with Gasteiger partial charge in [-0.2, -0.15) is 0 Å². The minimum absolute atomic E-state index is 0. The maximum Gasteiger partial charge on any atom is 0.0747 e. The fourth-order valence-corrected chi connectivity index (χ4v) is 2.15. The molecule has 1 aliphatic rings. The number of rotatable bonds is 1. The van der Waals surface area contributed by atoms with E-state index in [4.69, 9.17) is 0 Å². The molecule has 0 amide bonds. The van der Waals surface area contributed by atoms with E-state index in [1.54, 1.807) is 0 Å². The van der Waals surface area contributed by atoms with E-state index in [1.807, 2.05) is 24.3 Å². The van der Waals surface area contributed by atoms with Gasteiger partial charge in [0.25, 0.3) is 0 Å². The minimum atomic E-state index is -0.241. The molecule has 78 valence electrons. The van der Waals surface area contributed by atoms with Crippen LogP contribution in [0.5, 0.6) is 0 Å². The Morgan fingerprint density at radius 3 is 2.79 bits per heavy atom. The first-order chi connectivity index (χ1) is 6.27. The summed E-state index contributed by atoms with van der Waals surface area (Å²) >= 11 is 3.42. The molecule has 0 spiro atoms. The van der Waals surface area contributed by atoms with Gasteiger partial charge in [-0.3, -0.25) is 0 Å². The molecule has 2 nitrogen and oxygen atoms in total. The lowest BCUT2D eigenvalue weighted by Gasteiger charge is -2.15. The smallest absolute Gasteiger partial charge is 0.0747 e. The fraction of sp³-hybridized carbons (Fsp3) is 0.400. The Morgan fingerprint density at radius 1 is 1.43 bits per heavy atom. The first-order valence-electron chi connectivity index (χ1n) is 4.44. The third-order valence-corrected chi connectivity index (χ3v) is 2.89. The van der Waals surface area contributed by atoms with Gasteiger partial charge in [0.1, 0.15) is 0 Å². The molecule has 2 atom stereocenters. The number of aliphatic hydroxyl groups excluding tert-OH is 1. The van der Waals surface area contributed by atoms with Gasteiger partial charge in [0, 0.05) is 4.47 Å². The molecule has 1 saturated heterocycles. The number of benzene rings is 1. The topological polar surface area (TPSA) is 32.3 Å². The highest BCUT2D eigenvalue weighted by Crippen LogP contribution is 2.25. The molecule has 1 aliphatic heterocycles. The van der Waals surface area contributed by atoms with Crippen LogP contribution in [0.15, 0.2) is 28.7 Å². The second-order valence-corrected chi connectivity index (χ2v) is 4.26. The third kappa shape index (κ3) is 2.48. The molecular weight excluding hydrogens is 265 g/mol. The Bertz CT molecular complexity index is 308. The minimum Gasteiger partial charge on any atom is -0.391 e. The van der Waals surface area contributed by atoms with Gasteiger partial charge in [-0.15, -0.1) is 12.4 Å². The number of aliphatic hydroxyl groups is 1. The molecule has 0 saturated carbocycles. The highest BCUT2D eigenvalue weighted by Gasteiger charge is 2.25. The van der Waals surface area contributed by atoms with Crippen LogP contribution in [-0.4, -0.2) is 17.8 Å². The lowest BCUT2D eigenvalue weighted by atomic mass is 10.0. The van der Waals surface area contributed by atoms with Crippen LogP contribution >= 0.6 is 28.3 Å². The van der Waals surface area contributed by atoms with E-state index < -0.39 is 0 Å². The molecule has 2 unspecified atom stereocenters. The summed E-state index contributed by atoms with van der Waals surface area (Å²) in [4.78, 5) is 0. The summed E-state index contributed by atoms with van der Waals surface area (Å²) in [6.45, 7) is 0.901. The molecule has 0 radical (unpaired) electrons. The monoisotopic (exact) mass is 277 g/mol. The molecule has 14 heavy (non-hydrogen) atoms. The second-order valence-electron chi connectivity index (χ2n) is 3.34. The molecule has 1 heterocycles. The highest BCUT2D eigenvalue weighted by atomic mass is 79.9. The van der Waals surface area contributed by atoms with Crippen LogP contribution in [0.3, 0.4) is 0 Å². The lowest BCUT2D eigenvalue weighted by molar-refractivity contribution is 0.160. The van der Waals surface area contributed by atoms with E-state index in [0.29, 0.717) is 0 Å². The maximum atomic E-state index is 9.66. The van der Waals surface area contributed by atoms with Gasteiger partial charge < -0.3 is 10.4 Å². The molecule has 0 aliphatic carbocycles. The molecule has 2 rings (SSSR count). The average Bonchev–Trinajstić information content (AvgIpc) is 2.51. The summed E-state index contributed by atoms with van der Waals surface area (Å²) in [5, 5.41) is 12.9. The molecule has 4 heteroatoms. The van der Waals surface area contributed by atoms with Crippen molar-refractivity contribution in [3.05, 3.63) is 34.3 Å². The first kappa shape index (κ1) is 12.0. The lowest BCUT2D eigenvalue weighted by Crippen LogP contribution is -2.20. The van der Waals surface area contributed by atoms with Gasteiger partial charge in [-0.25, -0.2) is 0 Å². The number of nitrogens with one attached hydrogen (secondary N) is 1. The van der Waals surface area contributed by atoms with Crippen molar-refractivity contribution in [1.29, 1.82) is 0 Å². The van der Waals surface area contributed by atoms with E-state index in [-0.39, 0.29) is 24.6 Å². The Labute approximate surface area is 98.3 Å². The van der Waals surface area contributed by atoms with Crippen LogP contribution in [0, 0.1) is 0 Å². The van der Waals surface area contributed by atoms with Crippen molar-refractivity contribution in [3.63, 3.8) is 0 Å². The Kier molecular flexibility index (Phi) is 4.38. The normalized spacial score (nSPS) is 25.9. The fourth-order valence-electron chi connectivity index (χ4n) is 1.73. The van der Waals surface area contributed by atoms with E-state index in [9.17, 15) is 5.11 Å². The number of hydrogen-bond acceptors (Lipinski definition) is 2. The Hall–Kier alpha value is -0.0900. The van der Waals surface area contributed by atoms with E-state index in [0.717, 1.165) is 23.0 Å². The van der Waals surface area contributed by atoms with Crippen molar-refractivity contribution < 1.29 is 5.11 Å². The molecule has 2 N–H and O–H groups in total. The van der Waals surface area contributed by atoms with Gasteiger partial charge in [0.15, 0.2) is 0 Å². The second kappa shape index (κ2) is 5.12. The zero-order valence-corrected chi connectivity index (χ0v) is 10.0. The first-order valence-corrected chi connectivity index (χ1v) is 5.23. The van der Waals surface area contributed by atoms with Gasteiger partial charge in [0.05, 0.1) is 12.1 Å². The van der Waals surface area contributed by atoms with E-state index in [1.165, 1.54) is 0 Å². The summed E-state index contributed by atoms with van der Waals surface area (Å²) in [5.41, 5.74) is 1.15. The zero-order valence-electron chi connectivity index (χ0n) is 7.61. The zero-order chi connectivity index (χ0) is 9.26. The standard InChI is InChI=1S/C10H12BrNO.ClH/c11-8-3-1-2-7(6-8)10-9(13)4-5-12-10;/h1-3,6,9-10,12-13H,4-5H2;1H. The Balaban J connectivity index is 0.000000980. The van der Waals surface area contributed by atoms with Crippen molar-refractivity contribution in [2.75, 3.05) is 6.54 Å². The highest BCUT2D eigenvalue weighted by molar-refractivity contribution is 9.10.